The molecule has 1 aromatic rings. The van der Waals surface area contributed by atoms with Crippen LogP contribution in [0.15, 0.2) is 27.1 Å². The van der Waals surface area contributed by atoms with Crippen molar-refractivity contribution in [1.82, 2.24) is 4.90 Å². The lowest BCUT2D eigenvalue weighted by Gasteiger charge is -2.22. The highest BCUT2D eigenvalue weighted by Crippen LogP contribution is 2.26. The molecule has 1 aromatic carbocycles. The highest BCUT2D eigenvalue weighted by atomic mass is 79.9. The first-order valence-corrected chi connectivity index (χ1v) is 7.78. The Morgan fingerprint density at radius 1 is 1.47 bits per heavy atom. The molecule has 0 aliphatic carbocycles. The number of nitrogens with one attached hydrogen (secondary N) is 1. The number of carbonyl (C=O) groups excluding carboxylic acids is 1. The fourth-order valence-corrected chi connectivity index (χ4v) is 3.42. The van der Waals surface area contributed by atoms with Crippen LogP contribution in [-0.4, -0.2) is 41.7 Å². The van der Waals surface area contributed by atoms with Crippen LogP contribution in [0.1, 0.15) is 12.8 Å². The summed E-state index contributed by atoms with van der Waals surface area (Å²) >= 11 is 6.79. The van der Waals surface area contributed by atoms with Crippen molar-refractivity contribution in [3.8, 4) is 0 Å². The molecule has 0 aromatic heterocycles. The van der Waals surface area contributed by atoms with E-state index in [0.29, 0.717) is 6.54 Å². The smallest absolute Gasteiger partial charge is 0.238 e. The molecule has 1 heterocycles. The summed E-state index contributed by atoms with van der Waals surface area (Å²) in [4.78, 5) is 14.0. The number of aliphatic hydroxyl groups is 1. The van der Waals surface area contributed by atoms with Crippen LogP contribution in [0.2, 0.25) is 0 Å². The molecule has 1 fully saturated rings. The third-order valence-corrected chi connectivity index (χ3v) is 4.41. The van der Waals surface area contributed by atoms with Gasteiger partial charge in [0.1, 0.15) is 0 Å². The van der Waals surface area contributed by atoms with Crippen LogP contribution in [0.25, 0.3) is 0 Å². The molecule has 6 heteroatoms. The van der Waals surface area contributed by atoms with Gasteiger partial charge in [-0.15, -0.1) is 0 Å². The second-order valence-corrected chi connectivity index (χ2v) is 6.39. The molecule has 2 rings (SSSR count). The van der Waals surface area contributed by atoms with Crippen molar-refractivity contribution in [2.24, 2.45) is 0 Å². The summed E-state index contributed by atoms with van der Waals surface area (Å²) in [5, 5.41) is 12.1. The lowest BCUT2D eigenvalue weighted by Crippen LogP contribution is -2.38. The van der Waals surface area contributed by atoms with Gasteiger partial charge in [0, 0.05) is 15.0 Å². The zero-order valence-electron chi connectivity index (χ0n) is 10.4. The van der Waals surface area contributed by atoms with Gasteiger partial charge in [-0.2, -0.15) is 0 Å². The van der Waals surface area contributed by atoms with Crippen molar-refractivity contribution in [2.75, 3.05) is 25.0 Å². The zero-order valence-corrected chi connectivity index (χ0v) is 13.6. The summed E-state index contributed by atoms with van der Waals surface area (Å²) in [6.45, 7) is 1.32. The zero-order chi connectivity index (χ0) is 13.8. The van der Waals surface area contributed by atoms with Crippen LogP contribution >= 0.6 is 31.9 Å². The monoisotopic (exact) mass is 390 g/mol. The minimum Gasteiger partial charge on any atom is -0.395 e. The van der Waals surface area contributed by atoms with Crippen LogP contribution in [0.5, 0.6) is 0 Å². The summed E-state index contributed by atoms with van der Waals surface area (Å²) in [6.07, 6.45) is 2.01. The quantitative estimate of drug-likeness (QED) is 0.829. The van der Waals surface area contributed by atoms with E-state index in [1.807, 2.05) is 23.1 Å². The van der Waals surface area contributed by atoms with Gasteiger partial charge >= 0.3 is 0 Å². The highest BCUT2D eigenvalue weighted by Gasteiger charge is 2.25. The maximum absolute atomic E-state index is 12.0. The predicted molar refractivity (Wildman–Crippen MR) is 82.2 cm³/mol. The average molecular weight is 392 g/mol. The number of hydrogen-bond acceptors (Lipinski definition) is 3. The Bertz CT molecular complexity index is 468. The van der Waals surface area contributed by atoms with E-state index >= 15 is 0 Å². The number of aliphatic hydroxyl groups excluding tert-OH is 1. The molecule has 0 unspecified atom stereocenters. The minimum absolute atomic E-state index is 0.0524. The van der Waals surface area contributed by atoms with E-state index < -0.39 is 0 Å². The Kier molecular flexibility index (Phi) is 5.38. The van der Waals surface area contributed by atoms with E-state index in [0.717, 1.165) is 34.0 Å². The highest BCUT2D eigenvalue weighted by molar-refractivity contribution is 9.11. The predicted octanol–water partition coefficient (Wildman–Crippen LogP) is 2.61. The Labute approximate surface area is 129 Å². The number of hydrogen-bond donors (Lipinski definition) is 2. The fraction of sp³-hybridized carbons (Fsp3) is 0.462. The molecule has 1 aliphatic heterocycles. The van der Waals surface area contributed by atoms with Crippen LogP contribution in [-0.2, 0) is 4.79 Å². The number of likely N-dealkylation sites (tertiary alicyclic amines) is 1. The second kappa shape index (κ2) is 6.83. The molecular formula is C13H16Br2N2O2. The summed E-state index contributed by atoms with van der Waals surface area (Å²) in [5.41, 5.74) is 0.757. The van der Waals surface area contributed by atoms with Gasteiger partial charge in [0.2, 0.25) is 5.91 Å². The molecule has 19 heavy (non-hydrogen) atoms. The molecule has 1 atom stereocenters. The molecule has 0 bridgehead atoms. The van der Waals surface area contributed by atoms with E-state index in [2.05, 4.69) is 37.2 Å². The van der Waals surface area contributed by atoms with Crippen molar-refractivity contribution >= 4 is 43.5 Å². The van der Waals surface area contributed by atoms with Gasteiger partial charge in [0.25, 0.3) is 0 Å². The molecule has 1 amide bonds. The molecule has 1 saturated heterocycles. The van der Waals surface area contributed by atoms with Crippen molar-refractivity contribution in [1.29, 1.82) is 0 Å². The number of benzene rings is 1. The number of nitrogens with zero attached hydrogens (tertiary/aromatic N) is 1. The van der Waals surface area contributed by atoms with E-state index in [-0.39, 0.29) is 18.6 Å². The van der Waals surface area contributed by atoms with Gasteiger partial charge in [-0.3, -0.25) is 9.69 Å². The maximum atomic E-state index is 12.0. The summed E-state index contributed by atoms with van der Waals surface area (Å²) in [6, 6.07) is 5.74. The maximum Gasteiger partial charge on any atom is 0.238 e. The SMILES string of the molecule is O=C(CN1CCC[C@H]1CO)Nc1ccc(Br)cc1Br. The number of anilines is 1. The molecule has 2 N–H and O–H groups in total. The first-order valence-electron chi connectivity index (χ1n) is 6.20. The van der Waals surface area contributed by atoms with Gasteiger partial charge in [-0.25, -0.2) is 0 Å². The third-order valence-electron chi connectivity index (χ3n) is 3.26. The van der Waals surface area contributed by atoms with E-state index in [1.165, 1.54) is 0 Å². The lowest BCUT2D eigenvalue weighted by molar-refractivity contribution is -0.117. The second-order valence-electron chi connectivity index (χ2n) is 4.62. The first kappa shape index (κ1) is 15.0. The van der Waals surface area contributed by atoms with Crippen LogP contribution < -0.4 is 5.32 Å². The van der Waals surface area contributed by atoms with Crippen molar-refractivity contribution in [3.05, 3.63) is 27.1 Å². The van der Waals surface area contributed by atoms with Gasteiger partial charge in [0.05, 0.1) is 18.8 Å². The van der Waals surface area contributed by atoms with Crippen LogP contribution in [0.3, 0.4) is 0 Å². The topological polar surface area (TPSA) is 52.6 Å². The Balaban J connectivity index is 1.94. The molecule has 1 aliphatic rings. The van der Waals surface area contributed by atoms with Gasteiger partial charge in [0.15, 0.2) is 0 Å². The fourth-order valence-electron chi connectivity index (χ4n) is 2.28. The number of halogens is 2. The lowest BCUT2D eigenvalue weighted by atomic mass is 10.2. The molecule has 104 valence electrons. The summed E-state index contributed by atoms with van der Waals surface area (Å²) in [5.74, 6) is -0.0524. The van der Waals surface area contributed by atoms with Crippen molar-refractivity contribution in [2.45, 2.75) is 18.9 Å². The number of carbonyl (C=O) groups is 1. The van der Waals surface area contributed by atoms with Gasteiger partial charge in [-0.1, -0.05) is 15.9 Å². The van der Waals surface area contributed by atoms with Crippen molar-refractivity contribution < 1.29 is 9.90 Å². The molecule has 4 nitrogen and oxygen atoms in total. The minimum atomic E-state index is -0.0524. The number of amides is 1. The molecule has 0 spiro atoms. The average Bonchev–Trinajstić information content (AvgIpc) is 2.80. The van der Waals surface area contributed by atoms with Crippen LogP contribution in [0.4, 0.5) is 5.69 Å². The molecular weight excluding hydrogens is 376 g/mol. The summed E-state index contributed by atoms with van der Waals surface area (Å²) < 4.78 is 1.80. The van der Waals surface area contributed by atoms with E-state index in [1.54, 1.807) is 0 Å². The number of rotatable bonds is 4. The molecule has 0 radical (unpaired) electrons. The Hall–Kier alpha value is -0.430. The van der Waals surface area contributed by atoms with Gasteiger partial charge < -0.3 is 10.4 Å². The molecule has 0 saturated carbocycles. The van der Waals surface area contributed by atoms with Crippen LogP contribution in [0, 0.1) is 0 Å². The third kappa shape index (κ3) is 4.02. The Morgan fingerprint density at radius 3 is 2.95 bits per heavy atom. The largest absolute Gasteiger partial charge is 0.395 e. The van der Waals surface area contributed by atoms with Crippen molar-refractivity contribution in [3.63, 3.8) is 0 Å². The Morgan fingerprint density at radius 2 is 2.26 bits per heavy atom. The standard InChI is InChI=1S/C13H16Br2N2O2/c14-9-3-4-12(11(15)6-9)16-13(19)7-17-5-1-2-10(17)8-18/h3-4,6,10,18H,1-2,5,7-8H2,(H,16,19)/t10-/m0/s1. The first-order chi connectivity index (χ1) is 9.10. The van der Waals surface area contributed by atoms with Gasteiger partial charge in [-0.05, 0) is 53.5 Å². The van der Waals surface area contributed by atoms with E-state index in [4.69, 9.17) is 0 Å². The van der Waals surface area contributed by atoms with E-state index in [9.17, 15) is 9.90 Å². The normalized spacial score (nSPS) is 19.6. The summed E-state index contributed by atoms with van der Waals surface area (Å²) in [7, 11) is 0.